The number of ether oxygens (including phenoxy) is 2. The van der Waals surface area contributed by atoms with Crippen molar-refractivity contribution in [1.29, 1.82) is 0 Å². The predicted molar refractivity (Wildman–Crippen MR) is 159 cm³/mol. The van der Waals surface area contributed by atoms with Crippen LogP contribution in [0, 0.1) is 0 Å². The summed E-state index contributed by atoms with van der Waals surface area (Å²) in [6.45, 7) is 4.88. The van der Waals surface area contributed by atoms with Gasteiger partial charge in [-0.25, -0.2) is 9.59 Å². The summed E-state index contributed by atoms with van der Waals surface area (Å²) in [6.07, 6.45) is 5.64. The molecule has 0 saturated carbocycles. The van der Waals surface area contributed by atoms with Crippen molar-refractivity contribution in [2.45, 2.75) is 51.0 Å². The lowest BCUT2D eigenvalue weighted by molar-refractivity contribution is -0.141. The normalized spacial score (nSPS) is 16.6. The van der Waals surface area contributed by atoms with E-state index < -0.39 is 17.4 Å². The van der Waals surface area contributed by atoms with E-state index >= 15 is 0 Å². The number of nitrogens with zero attached hydrogens (tertiary/aromatic N) is 1. The molecule has 0 bridgehead atoms. The van der Waals surface area contributed by atoms with Crippen molar-refractivity contribution in [2.75, 3.05) is 20.8 Å². The molecule has 3 aromatic rings. The third-order valence-electron chi connectivity index (χ3n) is 7.74. The molecule has 1 unspecified atom stereocenters. The summed E-state index contributed by atoms with van der Waals surface area (Å²) in [5.74, 6) is -1.11. The maximum absolute atomic E-state index is 13.8. The zero-order valence-electron chi connectivity index (χ0n) is 23.9. The van der Waals surface area contributed by atoms with E-state index in [0.29, 0.717) is 12.1 Å². The van der Waals surface area contributed by atoms with Crippen LogP contribution in [-0.2, 0) is 24.5 Å². The first-order valence-electron chi connectivity index (χ1n) is 14.1. The third kappa shape index (κ3) is 5.46. The lowest BCUT2D eigenvalue weighted by atomic mass is 9.66. The summed E-state index contributed by atoms with van der Waals surface area (Å²) in [5.41, 5.74) is 3.44. The Morgan fingerprint density at radius 3 is 1.75 bits per heavy atom. The van der Waals surface area contributed by atoms with E-state index in [1.165, 1.54) is 14.2 Å². The van der Waals surface area contributed by atoms with E-state index in [1.54, 1.807) is 0 Å². The van der Waals surface area contributed by atoms with Gasteiger partial charge in [0.2, 0.25) is 0 Å². The minimum Gasteiger partial charge on any atom is -0.465 e. The Hall–Kier alpha value is -4.12. The van der Waals surface area contributed by atoms with Crippen LogP contribution in [-0.4, -0.2) is 43.6 Å². The van der Waals surface area contributed by atoms with E-state index in [0.717, 1.165) is 42.4 Å². The summed E-state index contributed by atoms with van der Waals surface area (Å²) in [4.78, 5) is 29.7. The quantitative estimate of drug-likeness (QED) is 0.262. The first-order valence-corrected chi connectivity index (χ1v) is 14.1. The predicted octanol–water partition coefficient (Wildman–Crippen LogP) is 6.94. The molecule has 1 aliphatic heterocycles. The molecule has 0 N–H and O–H groups in total. The molecule has 5 nitrogen and oxygen atoms in total. The largest absolute Gasteiger partial charge is 0.465 e. The lowest BCUT2D eigenvalue weighted by Gasteiger charge is -2.46. The summed E-state index contributed by atoms with van der Waals surface area (Å²) in [5, 5.41) is 0. The van der Waals surface area contributed by atoms with E-state index in [4.69, 9.17) is 9.47 Å². The number of unbranched alkanes of at least 4 members (excludes halogenated alkanes) is 1. The molecule has 0 saturated heterocycles. The van der Waals surface area contributed by atoms with Crippen molar-refractivity contribution < 1.29 is 19.1 Å². The molecule has 0 fully saturated rings. The number of hydrogen-bond acceptors (Lipinski definition) is 5. The average molecular weight is 538 g/mol. The van der Waals surface area contributed by atoms with Crippen molar-refractivity contribution in [2.24, 2.45) is 0 Å². The maximum atomic E-state index is 13.8. The molecule has 1 atom stereocenters. The second-order valence-electron chi connectivity index (χ2n) is 10.1. The molecule has 1 heterocycles. The molecule has 0 spiro atoms. The van der Waals surface area contributed by atoms with Gasteiger partial charge >= 0.3 is 11.9 Å². The average Bonchev–Trinajstić information content (AvgIpc) is 3.14. The second-order valence-corrected chi connectivity index (χ2v) is 10.1. The Morgan fingerprint density at radius 1 is 0.750 bits per heavy atom. The van der Waals surface area contributed by atoms with Gasteiger partial charge in [-0.05, 0) is 35.1 Å². The Kier molecular flexibility index (Phi) is 9.60. The molecule has 0 radical (unpaired) electrons. The lowest BCUT2D eigenvalue weighted by Crippen LogP contribution is -2.51. The van der Waals surface area contributed by atoms with Crippen molar-refractivity contribution >= 4 is 17.5 Å². The van der Waals surface area contributed by atoms with Gasteiger partial charge < -0.3 is 14.4 Å². The molecule has 1 aliphatic rings. The zero-order chi connectivity index (χ0) is 28.5. The Balaban J connectivity index is 2.25. The number of benzene rings is 3. The van der Waals surface area contributed by atoms with Crippen LogP contribution in [0.3, 0.4) is 0 Å². The van der Waals surface area contributed by atoms with E-state index in [9.17, 15) is 9.59 Å². The molecule has 0 amide bonds. The maximum Gasteiger partial charge on any atom is 0.355 e. The van der Waals surface area contributed by atoms with Gasteiger partial charge in [0.05, 0.1) is 25.2 Å². The van der Waals surface area contributed by atoms with E-state index in [-0.39, 0.29) is 17.3 Å². The number of carbonyl (C=O) groups is 2. The molecule has 0 aromatic heterocycles. The van der Waals surface area contributed by atoms with Crippen LogP contribution in [0.2, 0.25) is 0 Å². The molecule has 3 aromatic carbocycles. The Morgan fingerprint density at radius 2 is 1.27 bits per heavy atom. The summed E-state index contributed by atoms with van der Waals surface area (Å²) in [6, 6.07) is 30.4. The Bertz CT molecular complexity index is 1310. The van der Waals surface area contributed by atoms with Crippen molar-refractivity contribution in [3.63, 3.8) is 0 Å². The second kappa shape index (κ2) is 13.3. The topological polar surface area (TPSA) is 55.8 Å². The molecule has 40 heavy (non-hydrogen) atoms. The molecular weight excluding hydrogens is 498 g/mol. The van der Waals surface area contributed by atoms with Crippen LogP contribution in [0.25, 0.3) is 5.57 Å². The number of hydrogen-bond donors (Lipinski definition) is 0. The van der Waals surface area contributed by atoms with Crippen LogP contribution in [0.1, 0.15) is 56.2 Å². The summed E-state index contributed by atoms with van der Waals surface area (Å²) < 4.78 is 10.8. The van der Waals surface area contributed by atoms with Crippen molar-refractivity contribution in [1.82, 2.24) is 4.90 Å². The SMILES string of the molecule is CCCCN1C(C(=O)OC)=C(C(=O)OC)C(c2ccccc2)=CC(c2ccccc2)(c2ccccc2)C1CCC. The van der Waals surface area contributed by atoms with Gasteiger partial charge in [0.15, 0.2) is 0 Å². The zero-order valence-corrected chi connectivity index (χ0v) is 23.9. The van der Waals surface area contributed by atoms with E-state index in [2.05, 4.69) is 73.4 Å². The van der Waals surface area contributed by atoms with Gasteiger partial charge in [-0.15, -0.1) is 0 Å². The summed E-state index contributed by atoms with van der Waals surface area (Å²) in [7, 11) is 2.73. The highest BCUT2D eigenvalue weighted by atomic mass is 16.5. The fraction of sp³-hybridized carbons (Fsp3) is 0.314. The molecule has 0 aliphatic carbocycles. The fourth-order valence-electron chi connectivity index (χ4n) is 5.94. The highest BCUT2D eigenvalue weighted by Crippen LogP contribution is 2.48. The standard InChI is InChI=1S/C35H39NO4/c1-5-7-24-36-30(17-6-2)35(27-20-13-9-14-21-27,28-22-15-10-16-23-28)25-29(26-18-11-8-12-19-26)31(33(37)39-3)32(36)34(38)40-4/h8-16,18-23,25,30H,5-7,17,24H2,1-4H3. The first-order chi connectivity index (χ1) is 19.5. The van der Waals surface area contributed by atoms with Gasteiger partial charge in [-0.3, -0.25) is 0 Å². The van der Waals surface area contributed by atoms with Gasteiger partial charge in [0, 0.05) is 12.6 Å². The van der Waals surface area contributed by atoms with Crippen molar-refractivity contribution in [3.8, 4) is 0 Å². The van der Waals surface area contributed by atoms with Gasteiger partial charge in [0.1, 0.15) is 5.70 Å². The van der Waals surface area contributed by atoms with Gasteiger partial charge in [-0.2, -0.15) is 0 Å². The van der Waals surface area contributed by atoms with Crippen LogP contribution in [0.5, 0.6) is 0 Å². The number of methoxy groups -OCH3 is 2. The third-order valence-corrected chi connectivity index (χ3v) is 7.74. The van der Waals surface area contributed by atoms with E-state index in [1.807, 2.05) is 42.5 Å². The monoisotopic (exact) mass is 537 g/mol. The Labute approximate surface area is 238 Å². The fourth-order valence-corrected chi connectivity index (χ4v) is 5.94. The highest BCUT2D eigenvalue weighted by molar-refractivity contribution is 6.13. The van der Waals surface area contributed by atoms with Crippen LogP contribution >= 0.6 is 0 Å². The molecular formula is C35H39NO4. The number of rotatable bonds is 10. The van der Waals surface area contributed by atoms with Crippen LogP contribution in [0.15, 0.2) is 108 Å². The van der Waals surface area contributed by atoms with Crippen molar-refractivity contribution in [3.05, 3.63) is 125 Å². The van der Waals surface area contributed by atoms with Crippen LogP contribution in [0.4, 0.5) is 0 Å². The van der Waals surface area contributed by atoms with Gasteiger partial charge in [0.25, 0.3) is 0 Å². The molecule has 5 heteroatoms. The minimum absolute atomic E-state index is 0.191. The minimum atomic E-state index is -0.702. The smallest absolute Gasteiger partial charge is 0.355 e. The summed E-state index contributed by atoms with van der Waals surface area (Å²) >= 11 is 0. The number of carbonyl (C=O) groups excluding carboxylic acids is 2. The van der Waals surface area contributed by atoms with Gasteiger partial charge in [-0.1, -0.05) is 124 Å². The van der Waals surface area contributed by atoms with Crippen LogP contribution < -0.4 is 0 Å². The number of esters is 2. The first kappa shape index (κ1) is 28.9. The molecule has 208 valence electrons. The highest BCUT2D eigenvalue weighted by Gasteiger charge is 2.49. The molecule has 4 rings (SSSR count).